The molecule has 152 valence electrons. The average Bonchev–Trinajstić information content (AvgIpc) is 3.26. The molecule has 6 nitrogen and oxygen atoms in total. The Hall–Kier alpha value is -2.61. The molecule has 0 radical (unpaired) electrons. The van der Waals surface area contributed by atoms with Gasteiger partial charge in [0.25, 0.3) is 0 Å². The third-order valence-electron chi connectivity index (χ3n) is 5.46. The molecule has 1 atom stereocenters. The molecular weight excluding hydrogens is 384 g/mol. The lowest BCUT2D eigenvalue weighted by atomic mass is 10.0. The Bertz CT molecular complexity index is 1280. The molecule has 29 heavy (non-hydrogen) atoms. The van der Waals surface area contributed by atoms with Gasteiger partial charge in [-0.2, -0.15) is 0 Å². The molecule has 0 saturated heterocycles. The second-order valence-electron chi connectivity index (χ2n) is 7.77. The van der Waals surface area contributed by atoms with Crippen molar-refractivity contribution in [2.45, 2.75) is 17.9 Å². The van der Waals surface area contributed by atoms with Crippen LogP contribution in [0, 0.1) is 6.92 Å². The van der Waals surface area contributed by atoms with Gasteiger partial charge in [-0.1, -0.05) is 18.2 Å². The second-order valence-corrected chi connectivity index (χ2v) is 9.54. The third-order valence-corrected chi connectivity index (χ3v) is 6.88. The molecule has 4 aromatic rings. The molecule has 2 aromatic carbocycles. The molecule has 0 aliphatic rings. The molecule has 1 unspecified atom stereocenters. The van der Waals surface area contributed by atoms with Gasteiger partial charge in [-0.15, -0.1) is 0 Å². The smallest absolute Gasteiger partial charge is 0.240 e. The normalized spacial score (nSPS) is 13.6. The number of nitrogens with one attached hydrogen (secondary N) is 2. The summed E-state index contributed by atoms with van der Waals surface area (Å²) in [6.07, 6.45) is 3.90. The highest BCUT2D eigenvalue weighted by Gasteiger charge is 2.23. The number of hydrogen-bond acceptors (Lipinski definition) is 3. The van der Waals surface area contributed by atoms with Gasteiger partial charge in [-0.3, -0.25) is 0 Å². The summed E-state index contributed by atoms with van der Waals surface area (Å²) >= 11 is 0. The number of sulfonamides is 1. The lowest BCUT2D eigenvalue weighted by molar-refractivity contribution is 0.301. The molecule has 4 rings (SSSR count). The van der Waals surface area contributed by atoms with Crippen LogP contribution in [0.25, 0.3) is 21.8 Å². The van der Waals surface area contributed by atoms with E-state index in [4.69, 9.17) is 0 Å². The van der Waals surface area contributed by atoms with E-state index in [0.29, 0.717) is 0 Å². The van der Waals surface area contributed by atoms with Crippen molar-refractivity contribution in [3.63, 3.8) is 0 Å². The van der Waals surface area contributed by atoms with Crippen LogP contribution in [0.2, 0.25) is 0 Å². The summed E-state index contributed by atoms with van der Waals surface area (Å²) < 4.78 is 30.7. The Morgan fingerprint density at radius 1 is 1.14 bits per heavy atom. The maximum Gasteiger partial charge on any atom is 0.240 e. The van der Waals surface area contributed by atoms with E-state index < -0.39 is 10.0 Å². The zero-order valence-corrected chi connectivity index (χ0v) is 17.9. The maximum absolute atomic E-state index is 12.9. The number of rotatable bonds is 6. The minimum atomic E-state index is -3.62. The number of benzene rings is 2. The van der Waals surface area contributed by atoms with Crippen LogP contribution in [-0.2, 0) is 17.1 Å². The molecular formula is C22H26N4O2S. The fraction of sp³-hybridized carbons (Fsp3) is 0.273. The molecule has 2 N–H and O–H groups in total. The number of aryl methyl sites for hydroxylation is 2. The summed E-state index contributed by atoms with van der Waals surface area (Å²) in [4.78, 5) is 5.37. The molecule has 0 fully saturated rings. The van der Waals surface area contributed by atoms with Gasteiger partial charge in [0.15, 0.2) is 0 Å². The summed E-state index contributed by atoms with van der Waals surface area (Å²) in [7, 11) is 2.34. The first-order chi connectivity index (χ1) is 13.8. The Labute approximate surface area is 171 Å². The Balaban J connectivity index is 1.64. The molecule has 2 heterocycles. The summed E-state index contributed by atoms with van der Waals surface area (Å²) in [5, 5.41) is 2.13. The number of fused-ring (bicyclic) bond motifs is 2. The van der Waals surface area contributed by atoms with Gasteiger partial charge >= 0.3 is 0 Å². The Kier molecular flexibility index (Phi) is 4.98. The molecule has 0 spiro atoms. The van der Waals surface area contributed by atoms with Crippen molar-refractivity contribution in [2.24, 2.45) is 7.05 Å². The first kappa shape index (κ1) is 19.7. The fourth-order valence-corrected chi connectivity index (χ4v) is 4.89. The lowest BCUT2D eigenvalue weighted by Crippen LogP contribution is -2.34. The Morgan fingerprint density at radius 2 is 1.93 bits per heavy atom. The topological polar surface area (TPSA) is 70.1 Å². The highest BCUT2D eigenvalue weighted by atomic mass is 32.2. The van der Waals surface area contributed by atoms with Crippen molar-refractivity contribution in [1.82, 2.24) is 19.2 Å². The van der Waals surface area contributed by atoms with Crippen molar-refractivity contribution in [3.8, 4) is 0 Å². The van der Waals surface area contributed by atoms with Crippen molar-refractivity contribution in [2.75, 3.05) is 20.6 Å². The molecule has 0 aliphatic carbocycles. The number of likely N-dealkylation sites (N-methyl/N-ethyl adjacent to an activating group) is 1. The van der Waals surface area contributed by atoms with Crippen LogP contribution in [0.15, 0.2) is 59.8 Å². The highest BCUT2D eigenvalue weighted by molar-refractivity contribution is 7.89. The first-order valence-corrected chi connectivity index (χ1v) is 11.0. The molecule has 2 aromatic heterocycles. The van der Waals surface area contributed by atoms with E-state index in [1.807, 2.05) is 38.2 Å². The minimum Gasteiger partial charge on any atom is -0.361 e. The zero-order chi connectivity index (χ0) is 20.8. The minimum absolute atomic E-state index is 0.0922. The maximum atomic E-state index is 12.9. The Morgan fingerprint density at radius 3 is 2.69 bits per heavy atom. The quantitative estimate of drug-likeness (QED) is 0.511. The molecule has 7 heteroatoms. The van der Waals surface area contributed by atoms with Gasteiger partial charge in [0.2, 0.25) is 10.0 Å². The van der Waals surface area contributed by atoms with Crippen LogP contribution >= 0.6 is 0 Å². The molecule has 0 saturated carbocycles. The SMILES string of the molecule is Cc1ccc2c(C(CNS(=O)(=O)c3ccc4cc[nH]c4c3)N(C)C)cn(C)c2c1. The van der Waals surface area contributed by atoms with Crippen LogP contribution in [0.4, 0.5) is 0 Å². The van der Waals surface area contributed by atoms with Gasteiger partial charge in [0, 0.05) is 48.4 Å². The van der Waals surface area contributed by atoms with E-state index >= 15 is 0 Å². The van der Waals surface area contributed by atoms with Crippen LogP contribution in [0.3, 0.4) is 0 Å². The lowest BCUT2D eigenvalue weighted by Gasteiger charge is -2.24. The number of nitrogens with zero attached hydrogens (tertiary/aromatic N) is 2. The van der Waals surface area contributed by atoms with Gasteiger partial charge in [-0.05, 0) is 61.8 Å². The van der Waals surface area contributed by atoms with E-state index in [2.05, 4.69) is 45.6 Å². The standard InChI is InChI=1S/C22H26N4O2S/c1-15-5-8-18-19(14-26(4)21(18)11-15)22(25(2)3)13-24-29(27,28)17-7-6-16-9-10-23-20(16)12-17/h5-12,14,22-24H,13H2,1-4H3. The van der Waals surface area contributed by atoms with Crippen molar-refractivity contribution in [1.29, 1.82) is 0 Å². The summed E-state index contributed by atoms with van der Waals surface area (Å²) in [6, 6.07) is 13.3. The van der Waals surface area contributed by atoms with Gasteiger partial charge < -0.3 is 14.5 Å². The second kappa shape index (κ2) is 7.33. The van der Waals surface area contributed by atoms with E-state index in [1.54, 1.807) is 18.3 Å². The third kappa shape index (κ3) is 3.69. The summed E-state index contributed by atoms with van der Waals surface area (Å²) in [5.41, 5.74) is 4.26. The van der Waals surface area contributed by atoms with E-state index in [-0.39, 0.29) is 17.5 Å². The number of aromatic amines is 1. The number of H-pyrrole nitrogens is 1. The molecule has 0 bridgehead atoms. The van der Waals surface area contributed by atoms with E-state index in [1.165, 1.54) is 5.56 Å². The largest absolute Gasteiger partial charge is 0.361 e. The zero-order valence-electron chi connectivity index (χ0n) is 17.1. The predicted molar refractivity (Wildman–Crippen MR) is 118 cm³/mol. The van der Waals surface area contributed by atoms with Crippen molar-refractivity contribution in [3.05, 3.63) is 66.0 Å². The predicted octanol–water partition coefficient (Wildman–Crippen LogP) is 3.55. The fourth-order valence-electron chi connectivity index (χ4n) is 3.83. The van der Waals surface area contributed by atoms with Crippen molar-refractivity contribution >= 4 is 31.8 Å². The first-order valence-electron chi connectivity index (χ1n) is 9.55. The monoisotopic (exact) mass is 410 g/mol. The number of hydrogen-bond donors (Lipinski definition) is 2. The van der Waals surface area contributed by atoms with Crippen molar-refractivity contribution < 1.29 is 8.42 Å². The summed E-state index contributed by atoms with van der Waals surface area (Å²) in [6.45, 7) is 2.36. The van der Waals surface area contributed by atoms with Crippen LogP contribution in [0.1, 0.15) is 17.2 Å². The summed E-state index contributed by atoms with van der Waals surface area (Å²) in [5.74, 6) is 0. The van der Waals surface area contributed by atoms with Gasteiger partial charge in [0.1, 0.15) is 0 Å². The highest BCUT2D eigenvalue weighted by Crippen LogP contribution is 2.29. The average molecular weight is 411 g/mol. The van der Waals surface area contributed by atoms with Crippen LogP contribution in [0.5, 0.6) is 0 Å². The van der Waals surface area contributed by atoms with E-state index in [0.717, 1.165) is 27.4 Å². The van der Waals surface area contributed by atoms with Gasteiger partial charge in [0.05, 0.1) is 4.90 Å². The van der Waals surface area contributed by atoms with Crippen LogP contribution in [-0.4, -0.2) is 43.5 Å². The van der Waals surface area contributed by atoms with Crippen LogP contribution < -0.4 is 4.72 Å². The van der Waals surface area contributed by atoms with Gasteiger partial charge in [-0.25, -0.2) is 13.1 Å². The molecule has 0 aliphatic heterocycles. The van der Waals surface area contributed by atoms with E-state index in [9.17, 15) is 8.42 Å². The molecule has 0 amide bonds. The number of aromatic nitrogens is 2.